The molecular formula is C16H22N2O3. The fraction of sp³-hybridized carbons (Fsp3) is 0.500. The number of carbonyl (C=O) groups excluding carboxylic acids is 1. The molecule has 0 aromatic heterocycles. The number of amides is 1. The van der Waals surface area contributed by atoms with E-state index in [1.165, 1.54) is 0 Å². The van der Waals surface area contributed by atoms with Crippen LogP contribution in [-0.2, 0) is 15.0 Å². The average molecular weight is 290 g/mol. The Morgan fingerprint density at radius 2 is 1.86 bits per heavy atom. The molecule has 1 aromatic rings. The third kappa shape index (κ3) is 3.42. The first-order valence-corrected chi connectivity index (χ1v) is 7.25. The molecule has 0 radical (unpaired) electrons. The molecule has 5 nitrogen and oxygen atoms in total. The quantitative estimate of drug-likeness (QED) is 0.748. The van der Waals surface area contributed by atoms with Gasteiger partial charge in [0.2, 0.25) is 5.91 Å². The van der Waals surface area contributed by atoms with Crippen molar-refractivity contribution in [2.24, 2.45) is 11.7 Å². The lowest BCUT2D eigenvalue weighted by atomic mass is 9.96. The van der Waals surface area contributed by atoms with Crippen LogP contribution in [0.4, 0.5) is 5.69 Å². The summed E-state index contributed by atoms with van der Waals surface area (Å²) in [7, 11) is 0. The van der Waals surface area contributed by atoms with Gasteiger partial charge in [-0.2, -0.15) is 0 Å². The van der Waals surface area contributed by atoms with Crippen molar-refractivity contribution in [1.29, 1.82) is 0 Å². The third-order valence-electron chi connectivity index (χ3n) is 3.93. The van der Waals surface area contributed by atoms with Crippen molar-refractivity contribution in [3.8, 4) is 0 Å². The van der Waals surface area contributed by atoms with Crippen LogP contribution in [0.15, 0.2) is 24.3 Å². The van der Waals surface area contributed by atoms with Gasteiger partial charge in [0.25, 0.3) is 0 Å². The number of benzene rings is 1. The summed E-state index contributed by atoms with van der Waals surface area (Å²) in [4.78, 5) is 23.2. The summed E-state index contributed by atoms with van der Waals surface area (Å²) < 4.78 is 0. The molecule has 1 saturated carbocycles. The molecule has 4 N–H and O–H groups in total. The number of rotatable bonds is 6. The highest BCUT2D eigenvalue weighted by Crippen LogP contribution is 2.48. The number of carboxylic acids is 1. The van der Waals surface area contributed by atoms with Gasteiger partial charge in [-0.25, -0.2) is 0 Å². The van der Waals surface area contributed by atoms with E-state index >= 15 is 0 Å². The maximum atomic E-state index is 11.9. The number of nitrogens with one attached hydrogen (secondary N) is 1. The van der Waals surface area contributed by atoms with Crippen molar-refractivity contribution in [1.82, 2.24) is 0 Å². The minimum atomic E-state index is -0.779. The van der Waals surface area contributed by atoms with Gasteiger partial charge in [0.15, 0.2) is 0 Å². The number of hydrogen-bond donors (Lipinski definition) is 3. The zero-order valence-corrected chi connectivity index (χ0v) is 12.4. The predicted octanol–water partition coefficient (Wildman–Crippen LogP) is 2.11. The number of carboxylic acid groups (broad SMARTS) is 1. The van der Waals surface area contributed by atoms with Gasteiger partial charge in [-0.05, 0) is 42.9 Å². The lowest BCUT2D eigenvalue weighted by molar-refractivity contribution is -0.140. The first-order valence-electron chi connectivity index (χ1n) is 7.25. The van der Waals surface area contributed by atoms with E-state index in [4.69, 9.17) is 5.73 Å². The van der Waals surface area contributed by atoms with E-state index in [0.29, 0.717) is 30.9 Å². The second kappa shape index (κ2) is 5.85. The Morgan fingerprint density at radius 1 is 1.29 bits per heavy atom. The zero-order valence-electron chi connectivity index (χ0n) is 12.4. The van der Waals surface area contributed by atoms with Crippen LogP contribution >= 0.6 is 0 Å². The zero-order chi connectivity index (χ0) is 15.6. The van der Waals surface area contributed by atoms with Crippen LogP contribution < -0.4 is 11.1 Å². The van der Waals surface area contributed by atoms with Gasteiger partial charge >= 0.3 is 5.97 Å². The maximum Gasteiger partial charge on any atom is 0.314 e. The third-order valence-corrected chi connectivity index (χ3v) is 3.93. The van der Waals surface area contributed by atoms with E-state index in [1.807, 2.05) is 13.8 Å². The van der Waals surface area contributed by atoms with Gasteiger partial charge in [-0.15, -0.1) is 0 Å². The van der Waals surface area contributed by atoms with E-state index in [2.05, 4.69) is 5.32 Å². The van der Waals surface area contributed by atoms with Crippen molar-refractivity contribution in [3.05, 3.63) is 29.8 Å². The van der Waals surface area contributed by atoms with E-state index in [9.17, 15) is 14.7 Å². The van der Waals surface area contributed by atoms with Gasteiger partial charge in [0, 0.05) is 5.69 Å². The molecule has 21 heavy (non-hydrogen) atoms. The summed E-state index contributed by atoms with van der Waals surface area (Å²) in [5, 5.41) is 12.0. The normalized spacial score (nSPS) is 17.3. The van der Waals surface area contributed by atoms with Crippen molar-refractivity contribution in [3.63, 3.8) is 0 Å². The summed E-state index contributed by atoms with van der Waals surface area (Å²) in [5.74, 6) is -0.632. The number of nitrogens with two attached hydrogens (primary N) is 1. The predicted molar refractivity (Wildman–Crippen MR) is 81.0 cm³/mol. The van der Waals surface area contributed by atoms with Gasteiger partial charge in [-0.3, -0.25) is 9.59 Å². The molecule has 0 spiro atoms. The van der Waals surface area contributed by atoms with Crippen molar-refractivity contribution < 1.29 is 14.7 Å². The van der Waals surface area contributed by atoms with Crippen LogP contribution in [0.25, 0.3) is 0 Å². The Hall–Kier alpha value is -1.88. The Labute approximate surface area is 124 Å². The minimum absolute atomic E-state index is 0.212. The molecule has 1 aliphatic rings. The van der Waals surface area contributed by atoms with Crippen LogP contribution in [0.2, 0.25) is 0 Å². The lowest BCUT2D eigenvalue weighted by Crippen LogP contribution is -2.36. The highest BCUT2D eigenvalue weighted by Gasteiger charge is 2.51. The average Bonchev–Trinajstić information content (AvgIpc) is 3.20. The van der Waals surface area contributed by atoms with Crippen LogP contribution in [0.1, 0.15) is 38.7 Å². The lowest BCUT2D eigenvalue weighted by Gasteiger charge is -2.15. The van der Waals surface area contributed by atoms with Crippen molar-refractivity contribution in [2.45, 2.75) is 44.6 Å². The Morgan fingerprint density at radius 3 is 2.29 bits per heavy atom. The monoisotopic (exact) mass is 290 g/mol. The summed E-state index contributed by atoms with van der Waals surface area (Å²) in [6.45, 7) is 4.03. The number of hydrogen-bond acceptors (Lipinski definition) is 3. The van der Waals surface area contributed by atoms with Gasteiger partial charge < -0.3 is 16.2 Å². The van der Waals surface area contributed by atoms with Crippen LogP contribution in [0, 0.1) is 5.92 Å². The largest absolute Gasteiger partial charge is 0.481 e. The standard InChI is InChI=1S/C16H22N2O3/c1-10(2)9-13(17)14(19)18-12-5-3-11(4-6-12)16(7-8-16)15(20)21/h3-6,10,13H,7-9,17H2,1-2H3,(H,18,19)(H,20,21)/t13-/m1/s1. The molecule has 1 atom stereocenters. The summed E-state index contributed by atoms with van der Waals surface area (Å²) in [6.07, 6.45) is 1.98. The molecular weight excluding hydrogens is 268 g/mol. The first-order chi connectivity index (χ1) is 9.85. The molecule has 1 fully saturated rings. The Bertz CT molecular complexity index is 533. The molecule has 1 aromatic carbocycles. The molecule has 0 saturated heterocycles. The fourth-order valence-corrected chi connectivity index (χ4v) is 2.47. The summed E-state index contributed by atoms with van der Waals surface area (Å²) in [5.41, 5.74) is 6.55. The maximum absolute atomic E-state index is 11.9. The summed E-state index contributed by atoms with van der Waals surface area (Å²) in [6, 6.07) is 6.48. The highest BCUT2D eigenvalue weighted by atomic mass is 16.4. The van der Waals surface area contributed by atoms with Crippen molar-refractivity contribution >= 4 is 17.6 Å². The molecule has 114 valence electrons. The van der Waals surface area contributed by atoms with Gasteiger partial charge in [-0.1, -0.05) is 26.0 Å². The molecule has 0 aliphatic heterocycles. The molecule has 1 aliphatic carbocycles. The minimum Gasteiger partial charge on any atom is -0.481 e. The SMILES string of the molecule is CC(C)C[C@@H](N)C(=O)Nc1ccc(C2(C(=O)O)CC2)cc1. The molecule has 5 heteroatoms. The molecule has 1 amide bonds. The molecule has 2 rings (SSSR count). The van der Waals surface area contributed by atoms with Gasteiger partial charge in [0.05, 0.1) is 11.5 Å². The van der Waals surface area contributed by atoms with Crippen LogP contribution in [-0.4, -0.2) is 23.0 Å². The molecule has 0 unspecified atom stereocenters. The molecule has 0 heterocycles. The first kappa shape index (κ1) is 15.5. The smallest absolute Gasteiger partial charge is 0.314 e. The van der Waals surface area contributed by atoms with E-state index < -0.39 is 17.4 Å². The van der Waals surface area contributed by atoms with E-state index in [1.54, 1.807) is 24.3 Å². The topological polar surface area (TPSA) is 92.4 Å². The number of aliphatic carboxylic acids is 1. The second-order valence-electron chi connectivity index (χ2n) is 6.19. The van der Waals surface area contributed by atoms with E-state index in [0.717, 1.165) is 5.56 Å². The van der Waals surface area contributed by atoms with Crippen molar-refractivity contribution in [2.75, 3.05) is 5.32 Å². The van der Waals surface area contributed by atoms with E-state index in [-0.39, 0.29) is 5.91 Å². The second-order valence-corrected chi connectivity index (χ2v) is 6.19. The molecule has 0 bridgehead atoms. The number of carbonyl (C=O) groups is 2. The fourth-order valence-electron chi connectivity index (χ4n) is 2.47. The Balaban J connectivity index is 2.00. The summed E-state index contributed by atoms with van der Waals surface area (Å²) >= 11 is 0. The Kier molecular flexibility index (Phi) is 4.32. The highest BCUT2D eigenvalue weighted by molar-refractivity contribution is 5.94. The van der Waals surface area contributed by atoms with Crippen LogP contribution in [0.3, 0.4) is 0 Å². The van der Waals surface area contributed by atoms with Crippen LogP contribution in [0.5, 0.6) is 0 Å². The number of anilines is 1. The van der Waals surface area contributed by atoms with Gasteiger partial charge in [0.1, 0.15) is 0 Å².